The molecule has 6 nitrogen and oxygen atoms in total. The Hall–Kier alpha value is -2.50. The molecular formula is C19H25N5O. The lowest BCUT2D eigenvalue weighted by atomic mass is 9.93. The second-order valence-electron chi connectivity index (χ2n) is 6.65. The number of carbonyl (C=O) groups excluding carboxylic acids is 1. The molecule has 2 aromatic rings. The van der Waals surface area contributed by atoms with E-state index in [0.29, 0.717) is 18.2 Å². The maximum atomic E-state index is 12.5. The topological polar surface area (TPSA) is 85.0 Å². The lowest BCUT2D eigenvalue weighted by molar-refractivity contribution is -0.133. The molecular weight excluding hydrogens is 314 g/mol. The van der Waals surface area contributed by atoms with Crippen molar-refractivity contribution < 1.29 is 4.79 Å². The van der Waals surface area contributed by atoms with E-state index in [1.165, 1.54) is 5.56 Å². The number of aryl methyl sites for hydroxylation is 1. The van der Waals surface area contributed by atoms with Crippen molar-refractivity contribution in [1.82, 2.24) is 19.9 Å². The van der Waals surface area contributed by atoms with Crippen molar-refractivity contribution in [3.8, 4) is 0 Å². The number of carbonyl (C=O) groups is 1. The minimum atomic E-state index is 0.255. The Morgan fingerprint density at radius 3 is 2.80 bits per heavy atom. The number of nitrogen functional groups attached to an aromatic ring is 1. The fourth-order valence-corrected chi connectivity index (χ4v) is 3.42. The highest BCUT2D eigenvalue weighted by molar-refractivity contribution is 5.76. The quantitative estimate of drug-likeness (QED) is 0.872. The minimum Gasteiger partial charge on any atom is -0.382 e. The van der Waals surface area contributed by atoms with E-state index in [2.05, 4.69) is 15.0 Å². The van der Waals surface area contributed by atoms with Crippen LogP contribution in [0.4, 0.5) is 5.82 Å². The maximum absolute atomic E-state index is 12.5. The predicted octanol–water partition coefficient (Wildman–Crippen LogP) is 2.26. The maximum Gasteiger partial charge on any atom is 0.222 e. The van der Waals surface area contributed by atoms with E-state index < -0.39 is 0 Å². The van der Waals surface area contributed by atoms with Crippen LogP contribution in [0, 0.1) is 5.92 Å². The number of nitrogens with two attached hydrogens (primary N) is 1. The summed E-state index contributed by atoms with van der Waals surface area (Å²) < 4.78 is 0. The largest absolute Gasteiger partial charge is 0.382 e. The van der Waals surface area contributed by atoms with Gasteiger partial charge in [0.15, 0.2) is 0 Å². The van der Waals surface area contributed by atoms with Gasteiger partial charge in [0.25, 0.3) is 0 Å². The zero-order valence-corrected chi connectivity index (χ0v) is 14.5. The van der Waals surface area contributed by atoms with Gasteiger partial charge in [0.05, 0.1) is 5.69 Å². The summed E-state index contributed by atoms with van der Waals surface area (Å²) in [6.45, 7) is 1.66. The molecule has 1 saturated heterocycles. The second-order valence-corrected chi connectivity index (χ2v) is 6.65. The van der Waals surface area contributed by atoms with Crippen LogP contribution < -0.4 is 5.73 Å². The van der Waals surface area contributed by atoms with Crippen molar-refractivity contribution in [2.24, 2.45) is 5.92 Å². The molecule has 25 heavy (non-hydrogen) atoms. The Morgan fingerprint density at radius 2 is 2.00 bits per heavy atom. The Bertz CT molecular complexity index is 691. The summed E-state index contributed by atoms with van der Waals surface area (Å²) >= 11 is 0. The molecule has 0 bridgehead atoms. The van der Waals surface area contributed by atoms with Crippen molar-refractivity contribution in [3.05, 3.63) is 48.2 Å². The summed E-state index contributed by atoms with van der Waals surface area (Å²) in [4.78, 5) is 27.0. The Labute approximate surface area is 148 Å². The first-order chi connectivity index (χ1) is 12.2. The number of aromatic nitrogens is 3. The zero-order valence-electron chi connectivity index (χ0n) is 14.5. The number of hydrogen-bond acceptors (Lipinski definition) is 5. The number of rotatable bonds is 6. The van der Waals surface area contributed by atoms with Gasteiger partial charge < -0.3 is 10.6 Å². The molecule has 1 atom stereocenters. The third-order valence-corrected chi connectivity index (χ3v) is 4.77. The van der Waals surface area contributed by atoms with Crippen LogP contribution in [0.5, 0.6) is 0 Å². The van der Waals surface area contributed by atoms with Gasteiger partial charge in [0, 0.05) is 44.3 Å². The summed E-state index contributed by atoms with van der Waals surface area (Å²) in [7, 11) is 0. The van der Waals surface area contributed by atoms with Gasteiger partial charge >= 0.3 is 0 Å². The molecule has 1 amide bonds. The van der Waals surface area contributed by atoms with Crippen LogP contribution in [0.15, 0.2) is 36.9 Å². The second kappa shape index (κ2) is 8.55. The molecule has 2 aromatic heterocycles. The van der Waals surface area contributed by atoms with Crippen LogP contribution in [0.2, 0.25) is 0 Å². The summed E-state index contributed by atoms with van der Waals surface area (Å²) in [5.74, 6) is 1.17. The van der Waals surface area contributed by atoms with Gasteiger partial charge in [-0.2, -0.15) is 0 Å². The monoisotopic (exact) mass is 339 g/mol. The molecule has 1 aliphatic rings. The number of nitrogens with zero attached hydrogens (tertiary/aromatic N) is 4. The number of hydrogen-bond donors (Lipinski definition) is 1. The first kappa shape index (κ1) is 17.3. The van der Waals surface area contributed by atoms with Crippen LogP contribution in [0.25, 0.3) is 0 Å². The van der Waals surface area contributed by atoms with Gasteiger partial charge in [-0.3, -0.25) is 14.8 Å². The van der Waals surface area contributed by atoms with E-state index in [1.54, 1.807) is 24.8 Å². The van der Waals surface area contributed by atoms with Crippen LogP contribution in [0.3, 0.4) is 0 Å². The molecule has 3 rings (SSSR count). The standard InChI is InChI=1S/C19H25N5O/c20-19-17(22-10-11-23-19)13-16-4-2-12-24(14-16)18(25)5-1-3-15-6-8-21-9-7-15/h6-11,16H,1-5,12-14H2,(H2,20,23)/t16-/m1/s1. The van der Waals surface area contributed by atoms with Gasteiger partial charge in [-0.15, -0.1) is 0 Å². The fourth-order valence-electron chi connectivity index (χ4n) is 3.42. The number of piperidine rings is 1. The van der Waals surface area contributed by atoms with Gasteiger partial charge in [-0.25, -0.2) is 4.98 Å². The number of amides is 1. The summed E-state index contributed by atoms with van der Waals surface area (Å²) in [5, 5.41) is 0. The molecule has 3 heterocycles. The first-order valence-electron chi connectivity index (χ1n) is 8.94. The van der Waals surface area contributed by atoms with Gasteiger partial charge in [-0.05, 0) is 55.7 Å². The van der Waals surface area contributed by atoms with Crippen LogP contribution in [-0.2, 0) is 17.6 Å². The number of anilines is 1. The van der Waals surface area contributed by atoms with E-state index in [-0.39, 0.29) is 5.91 Å². The lowest BCUT2D eigenvalue weighted by Crippen LogP contribution is -2.40. The SMILES string of the molecule is Nc1nccnc1C[C@H]1CCCN(C(=O)CCCc2ccncc2)C1. The summed E-state index contributed by atoms with van der Waals surface area (Å²) in [6, 6.07) is 4.01. The number of likely N-dealkylation sites (tertiary alicyclic amines) is 1. The van der Waals surface area contributed by atoms with Gasteiger partial charge in [0.1, 0.15) is 5.82 Å². The van der Waals surface area contributed by atoms with Crippen molar-refractivity contribution >= 4 is 11.7 Å². The van der Waals surface area contributed by atoms with Gasteiger partial charge in [0.2, 0.25) is 5.91 Å². The molecule has 1 aliphatic heterocycles. The third kappa shape index (κ3) is 4.98. The average molecular weight is 339 g/mol. The molecule has 0 saturated carbocycles. The Balaban J connectivity index is 1.47. The molecule has 6 heteroatoms. The summed E-state index contributed by atoms with van der Waals surface area (Å²) in [5.41, 5.74) is 7.98. The number of pyridine rings is 1. The molecule has 132 valence electrons. The van der Waals surface area contributed by atoms with Crippen molar-refractivity contribution in [1.29, 1.82) is 0 Å². The van der Waals surface area contributed by atoms with E-state index in [0.717, 1.165) is 50.9 Å². The van der Waals surface area contributed by atoms with E-state index in [4.69, 9.17) is 5.73 Å². The minimum absolute atomic E-state index is 0.255. The molecule has 1 fully saturated rings. The average Bonchev–Trinajstić information content (AvgIpc) is 2.65. The predicted molar refractivity (Wildman–Crippen MR) is 96.6 cm³/mol. The van der Waals surface area contributed by atoms with E-state index in [9.17, 15) is 4.79 Å². The van der Waals surface area contributed by atoms with E-state index >= 15 is 0 Å². The molecule has 2 N–H and O–H groups in total. The third-order valence-electron chi connectivity index (χ3n) is 4.77. The molecule has 0 aliphatic carbocycles. The highest BCUT2D eigenvalue weighted by Gasteiger charge is 2.24. The molecule has 0 unspecified atom stereocenters. The molecule has 0 spiro atoms. The van der Waals surface area contributed by atoms with E-state index in [1.807, 2.05) is 17.0 Å². The van der Waals surface area contributed by atoms with Crippen molar-refractivity contribution in [2.45, 2.75) is 38.5 Å². The highest BCUT2D eigenvalue weighted by atomic mass is 16.2. The lowest BCUT2D eigenvalue weighted by Gasteiger charge is -2.33. The normalized spacial score (nSPS) is 17.4. The van der Waals surface area contributed by atoms with Crippen molar-refractivity contribution in [2.75, 3.05) is 18.8 Å². The molecule has 0 radical (unpaired) electrons. The highest BCUT2D eigenvalue weighted by Crippen LogP contribution is 2.22. The Kier molecular flexibility index (Phi) is 5.93. The first-order valence-corrected chi connectivity index (χ1v) is 8.94. The van der Waals surface area contributed by atoms with Crippen LogP contribution in [0.1, 0.15) is 36.9 Å². The fraction of sp³-hybridized carbons (Fsp3) is 0.474. The Morgan fingerprint density at radius 1 is 1.20 bits per heavy atom. The van der Waals surface area contributed by atoms with Gasteiger partial charge in [-0.1, -0.05) is 0 Å². The van der Waals surface area contributed by atoms with Crippen molar-refractivity contribution in [3.63, 3.8) is 0 Å². The van der Waals surface area contributed by atoms with Crippen LogP contribution >= 0.6 is 0 Å². The smallest absolute Gasteiger partial charge is 0.222 e. The summed E-state index contributed by atoms with van der Waals surface area (Å²) in [6.07, 6.45) is 12.2. The zero-order chi connectivity index (χ0) is 17.5. The van der Waals surface area contributed by atoms with Crippen LogP contribution in [-0.4, -0.2) is 38.8 Å². The molecule has 0 aromatic carbocycles.